The predicted octanol–water partition coefficient (Wildman–Crippen LogP) is 1.92. The Morgan fingerprint density at radius 2 is 2.40 bits per heavy atom. The molecular weight excluding hydrogens is 328 g/mol. The minimum absolute atomic E-state index is 0.0699. The zero-order valence-electron chi connectivity index (χ0n) is 11.0. The molecule has 0 aliphatic carbocycles. The lowest BCUT2D eigenvalue weighted by molar-refractivity contribution is -0.149. The normalized spacial score (nSPS) is 17.5. The summed E-state index contributed by atoms with van der Waals surface area (Å²) in [5.41, 5.74) is 1.56. The summed E-state index contributed by atoms with van der Waals surface area (Å²) >= 11 is 3.33. The summed E-state index contributed by atoms with van der Waals surface area (Å²) < 4.78 is 10.9. The van der Waals surface area contributed by atoms with Crippen molar-refractivity contribution in [1.82, 2.24) is 4.98 Å². The molecule has 1 aliphatic heterocycles. The van der Waals surface area contributed by atoms with Crippen molar-refractivity contribution in [2.45, 2.75) is 19.4 Å². The Balaban J connectivity index is 1.74. The largest absolute Gasteiger partial charge is 0.464 e. The van der Waals surface area contributed by atoms with Gasteiger partial charge in [0, 0.05) is 17.1 Å². The number of aromatic nitrogens is 1. The van der Waals surface area contributed by atoms with E-state index in [4.69, 9.17) is 14.3 Å². The van der Waals surface area contributed by atoms with Crippen LogP contribution in [0.25, 0.3) is 0 Å². The number of carbonyl (C=O) groups excluding carboxylic acids is 1. The van der Waals surface area contributed by atoms with Gasteiger partial charge in [-0.1, -0.05) is 5.16 Å². The Morgan fingerprint density at radius 1 is 1.55 bits per heavy atom. The first-order valence-corrected chi connectivity index (χ1v) is 7.06. The fourth-order valence-corrected chi connectivity index (χ4v) is 1.93. The van der Waals surface area contributed by atoms with Gasteiger partial charge in [0.15, 0.2) is 6.10 Å². The molecule has 0 aromatic carbocycles. The van der Waals surface area contributed by atoms with Gasteiger partial charge in [-0.2, -0.15) is 0 Å². The number of oxime groups is 1. The lowest BCUT2D eigenvalue weighted by atomic mass is 10.1. The number of hydrogen-bond donors (Lipinski definition) is 0. The maximum absolute atomic E-state index is 11.1. The van der Waals surface area contributed by atoms with Crippen molar-refractivity contribution in [1.29, 1.82) is 0 Å². The molecule has 1 atom stereocenters. The van der Waals surface area contributed by atoms with Gasteiger partial charge in [0.2, 0.25) is 0 Å². The molecule has 0 radical (unpaired) electrons. The van der Waals surface area contributed by atoms with Crippen molar-refractivity contribution >= 4 is 27.6 Å². The Bertz CT molecular complexity index is 490. The van der Waals surface area contributed by atoms with Crippen molar-refractivity contribution < 1.29 is 19.1 Å². The summed E-state index contributed by atoms with van der Waals surface area (Å²) in [6.45, 7) is 2.33. The Kier molecular flexibility index (Phi) is 5.49. The molecule has 7 heteroatoms. The van der Waals surface area contributed by atoms with Gasteiger partial charge in [0.25, 0.3) is 0 Å². The van der Waals surface area contributed by atoms with Crippen LogP contribution in [-0.2, 0) is 19.1 Å². The minimum Gasteiger partial charge on any atom is -0.464 e. The molecule has 0 saturated carbocycles. The number of carbonyl (C=O) groups is 1. The van der Waals surface area contributed by atoms with Gasteiger partial charge in [0.05, 0.1) is 18.9 Å². The van der Waals surface area contributed by atoms with Gasteiger partial charge in [-0.15, -0.1) is 0 Å². The van der Waals surface area contributed by atoms with Crippen molar-refractivity contribution in [2.24, 2.45) is 5.16 Å². The molecule has 1 aliphatic rings. The summed E-state index contributed by atoms with van der Waals surface area (Å²) in [6, 6.07) is 3.77. The molecular formula is C13H15BrN2O4. The molecule has 0 bridgehead atoms. The average molecular weight is 343 g/mol. The van der Waals surface area contributed by atoms with Crippen LogP contribution >= 0.6 is 15.9 Å². The maximum atomic E-state index is 11.1. The smallest absolute Gasteiger partial charge is 0.332 e. The standard InChI is InChI=1S/C13H15BrN2O4/c1-2-19-13(17)8-18-7-10-5-12(16-20-10)11-4-3-9(14)6-15-11/h3-4,6,10H,2,5,7-8H2,1H3/t10-/m0/s1. The summed E-state index contributed by atoms with van der Waals surface area (Å²) in [4.78, 5) is 20.6. The summed E-state index contributed by atoms with van der Waals surface area (Å²) in [5, 5.41) is 3.99. The van der Waals surface area contributed by atoms with E-state index in [1.54, 1.807) is 13.1 Å². The van der Waals surface area contributed by atoms with Crippen LogP contribution in [0.4, 0.5) is 0 Å². The quantitative estimate of drug-likeness (QED) is 0.738. The van der Waals surface area contributed by atoms with E-state index in [1.165, 1.54) is 0 Å². The van der Waals surface area contributed by atoms with Gasteiger partial charge < -0.3 is 14.3 Å². The van der Waals surface area contributed by atoms with Crippen LogP contribution in [0.1, 0.15) is 19.0 Å². The van der Waals surface area contributed by atoms with E-state index in [2.05, 4.69) is 26.1 Å². The Labute approximate surface area is 125 Å². The van der Waals surface area contributed by atoms with Crippen molar-refractivity contribution in [3.05, 3.63) is 28.5 Å². The van der Waals surface area contributed by atoms with E-state index < -0.39 is 0 Å². The fraction of sp³-hybridized carbons (Fsp3) is 0.462. The Hall–Kier alpha value is -1.47. The summed E-state index contributed by atoms with van der Waals surface area (Å²) in [7, 11) is 0. The van der Waals surface area contributed by atoms with Gasteiger partial charge in [-0.3, -0.25) is 4.98 Å². The summed E-state index contributed by atoms with van der Waals surface area (Å²) in [6.07, 6.45) is 2.13. The second-order valence-electron chi connectivity index (χ2n) is 4.15. The molecule has 0 saturated heterocycles. The van der Waals surface area contributed by atoms with E-state index in [1.807, 2.05) is 12.1 Å². The van der Waals surface area contributed by atoms with Crippen LogP contribution in [0.3, 0.4) is 0 Å². The third-order valence-electron chi connectivity index (χ3n) is 2.59. The molecule has 0 unspecified atom stereocenters. The molecule has 20 heavy (non-hydrogen) atoms. The SMILES string of the molecule is CCOC(=O)COC[C@@H]1CC(c2ccc(Br)cn2)=NO1. The van der Waals surface area contributed by atoms with Crippen LogP contribution in [-0.4, -0.2) is 42.6 Å². The average Bonchev–Trinajstić information content (AvgIpc) is 2.89. The zero-order chi connectivity index (χ0) is 14.4. The first-order valence-electron chi connectivity index (χ1n) is 6.27. The molecule has 2 heterocycles. The number of rotatable bonds is 6. The molecule has 1 aromatic rings. The van der Waals surface area contributed by atoms with Crippen LogP contribution in [0.5, 0.6) is 0 Å². The first-order chi connectivity index (χ1) is 9.69. The number of pyridine rings is 1. The van der Waals surface area contributed by atoms with Crippen LogP contribution in [0.2, 0.25) is 0 Å². The third-order valence-corrected chi connectivity index (χ3v) is 3.05. The summed E-state index contributed by atoms with van der Waals surface area (Å²) in [5.74, 6) is -0.374. The highest BCUT2D eigenvalue weighted by atomic mass is 79.9. The van der Waals surface area contributed by atoms with Crippen molar-refractivity contribution in [3.8, 4) is 0 Å². The molecule has 0 N–H and O–H groups in total. The molecule has 1 aromatic heterocycles. The van der Waals surface area contributed by atoms with Crippen LogP contribution in [0, 0.1) is 0 Å². The number of hydrogen-bond acceptors (Lipinski definition) is 6. The second-order valence-corrected chi connectivity index (χ2v) is 5.07. The zero-order valence-corrected chi connectivity index (χ0v) is 12.6. The number of ether oxygens (including phenoxy) is 2. The lowest BCUT2D eigenvalue weighted by Crippen LogP contribution is -2.20. The van der Waals surface area contributed by atoms with Crippen LogP contribution in [0.15, 0.2) is 28.0 Å². The van der Waals surface area contributed by atoms with E-state index in [-0.39, 0.29) is 18.7 Å². The third kappa shape index (κ3) is 4.28. The number of esters is 1. The molecule has 2 rings (SSSR count). The van der Waals surface area contributed by atoms with E-state index in [0.29, 0.717) is 19.6 Å². The number of halogens is 1. The van der Waals surface area contributed by atoms with Crippen LogP contribution < -0.4 is 0 Å². The molecule has 0 fully saturated rings. The van der Waals surface area contributed by atoms with Crippen molar-refractivity contribution in [3.63, 3.8) is 0 Å². The highest BCUT2D eigenvalue weighted by molar-refractivity contribution is 9.10. The van der Waals surface area contributed by atoms with Crippen molar-refractivity contribution in [2.75, 3.05) is 19.8 Å². The fourth-order valence-electron chi connectivity index (χ4n) is 1.69. The maximum Gasteiger partial charge on any atom is 0.332 e. The topological polar surface area (TPSA) is 70.0 Å². The highest BCUT2D eigenvalue weighted by Crippen LogP contribution is 2.17. The molecule has 0 spiro atoms. The highest BCUT2D eigenvalue weighted by Gasteiger charge is 2.23. The van der Waals surface area contributed by atoms with Gasteiger partial charge in [-0.05, 0) is 35.0 Å². The molecule has 0 amide bonds. The predicted molar refractivity (Wildman–Crippen MR) is 75.4 cm³/mol. The van der Waals surface area contributed by atoms with E-state index in [9.17, 15) is 4.79 Å². The molecule has 6 nitrogen and oxygen atoms in total. The number of nitrogens with zero attached hydrogens (tertiary/aromatic N) is 2. The van der Waals surface area contributed by atoms with Gasteiger partial charge >= 0.3 is 5.97 Å². The van der Waals surface area contributed by atoms with E-state index in [0.717, 1.165) is 15.9 Å². The van der Waals surface area contributed by atoms with E-state index >= 15 is 0 Å². The molecule has 108 valence electrons. The first kappa shape index (κ1) is 14.9. The van der Waals surface area contributed by atoms with Gasteiger partial charge in [0.1, 0.15) is 12.3 Å². The second kappa shape index (κ2) is 7.35. The lowest BCUT2D eigenvalue weighted by Gasteiger charge is -2.08. The van der Waals surface area contributed by atoms with Gasteiger partial charge in [-0.25, -0.2) is 4.79 Å². The Morgan fingerprint density at radius 3 is 3.10 bits per heavy atom. The minimum atomic E-state index is -0.374. The monoisotopic (exact) mass is 342 g/mol.